The van der Waals surface area contributed by atoms with Crippen LogP contribution in [0.3, 0.4) is 0 Å². The summed E-state index contributed by atoms with van der Waals surface area (Å²) in [6, 6.07) is 11.0. The number of fused-ring (bicyclic) bond motifs is 1. The first-order chi connectivity index (χ1) is 15.7. The molecule has 34 heavy (non-hydrogen) atoms. The third-order valence-electron chi connectivity index (χ3n) is 5.95. The topological polar surface area (TPSA) is 77.8 Å². The minimum absolute atomic E-state index is 0. The van der Waals surface area contributed by atoms with Gasteiger partial charge in [-0.15, -0.1) is 12.4 Å². The first-order valence-electron chi connectivity index (χ1n) is 11.1. The van der Waals surface area contributed by atoms with Crippen molar-refractivity contribution < 1.29 is 14.3 Å². The van der Waals surface area contributed by atoms with Crippen LogP contribution in [0.2, 0.25) is 0 Å². The van der Waals surface area contributed by atoms with Crippen molar-refractivity contribution in [2.24, 2.45) is 5.92 Å². The summed E-state index contributed by atoms with van der Waals surface area (Å²) in [6.45, 7) is 8.00. The van der Waals surface area contributed by atoms with E-state index in [1.807, 2.05) is 26.0 Å². The molecule has 0 atom stereocenters. The van der Waals surface area contributed by atoms with Gasteiger partial charge in [0.25, 0.3) is 11.5 Å². The fraction of sp³-hybridized carbons (Fsp3) is 0.360. The van der Waals surface area contributed by atoms with Crippen molar-refractivity contribution >= 4 is 40.6 Å². The molecule has 2 heterocycles. The highest BCUT2D eigenvalue weighted by Crippen LogP contribution is 2.31. The lowest BCUT2D eigenvalue weighted by atomic mass is 10.1. The molecule has 0 aliphatic carbocycles. The van der Waals surface area contributed by atoms with Crippen LogP contribution in [0.5, 0.6) is 5.75 Å². The highest BCUT2D eigenvalue weighted by atomic mass is 35.5. The second-order valence-corrected chi connectivity index (χ2v) is 8.99. The highest BCUT2D eigenvalue weighted by molar-refractivity contribution is 6.09. The van der Waals surface area contributed by atoms with E-state index in [0.717, 1.165) is 37.9 Å². The normalized spacial score (nSPS) is 14.3. The molecule has 0 bridgehead atoms. The van der Waals surface area contributed by atoms with Crippen LogP contribution in [0.4, 0.5) is 15.8 Å². The zero-order chi connectivity index (χ0) is 23.7. The molecule has 2 aromatic carbocycles. The molecule has 9 heteroatoms. The Morgan fingerprint density at radius 1 is 1.12 bits per heavy atom. The van der Waals surface area contributed by atoms with Crippen LogP contribution in [-0.2, 0) is 6.54 Å². The Morgan fingerprint density at radius 2 is 1.82 bits per heavy atom. The van der Waals surface area contributed by atoms with Gasteiger partial charge in [0.05, 0.1) is 5.52 Å². The summed E-state index contributed by atoms with van der Waals surface area (Å²) >= 11 is 0. The zero-order valence-corrected chi connectivity index (χ0v) is 20.4. The Labute approximate surface area is 204 Å². The lowest BCUT2D eigenvalue weighted by molar-refractivity contribution is 0.102. The van der Waals surface area contributed by atoms with Gasteiger partial charge in [-0.1, -0.05) is 19.9 Å². The number of carbonyl (C=O) groups excluding carboxylic acids is 1. The molecule has 182 valence electrons. The number of amides is 1. The highest BCUT2D eigenvalue weighted by Gasteiger charge is 2.24. The molecule has 1 aromatic heterocycles. The van der Waals surface area contributed by atoms with Gasteiger partial charge in [0, 0.05) is 49.5 Å². The quantitative estimate of drug-likeness (QED) is 0.569. The number of hydrogen-bond acceptors (Lipinski definition) is 5. The summed E-state index contributed by atoms with van der Waals surface area (Å²) in [4.78, 5) is 30.9. The van der Waals surface area contributed by atoms with Gasteiger partial charge < -0.3 is 24.8 Å². The number of rotatable bonds is 5. The maximum absolute atomic E-state index is 13.5. The summed E-state index contributed by atoms with van der Waals surface area (Å²) in [7, 11) is 2.09. The van der Waals surface area contributed by atoms with Crippen molar-refractivity contribution in [3.8, 4) is 5.75 Å². The molecule has 0 radical (unpaired) electrons. The van der Waals surface area contributed by atoms with Gasteiger partial charge in [-0.3, -0.25) is 9.59 Å². The van der Waals surface area contributed by atoms with Crippen molar-refractivity contribution in [1.82, 2.24) is 9.47 Å². The van der Waals surface area contributed by atoms with Gasteiger partial charge in [0.1, 0.15) is 17.1 Å². The zero-order valence-electron chi connectivity index (χ0n) is 19.5. The van der Waals surface area contributed by atoms with Gasteiger partial charge in [-0.05, 0) is 49.4 Å². The summed E-state index contributed by atoms with van der Waals surface area (Å²) in [5.74, 6) is -1.51. The lowest BCUT2D eigenvalue weighted by Gasteiger charge is -2.34. The van der Waals surface area contributed by atoms with Crippen LogP contribution in [0.15, 0.2) is 47.3 Å². The third kappa shape index (κ3) is 5.18. The van der Waals surface area contributed by atoms with E-state index in [2.05, 4.69) is 22.2 Å². The molecule has 2 N–H and O–H groups in total. The predicted molar refractivity (Wildman–Crippen MR) is 136 cm³/mol. The van der Waals surface area contributed by atoms with Crippen molar-refractivity contribution in [3.63, 3.8) is 0 Å². The molecule has 1 amide bonds. The van der Waals surface area contributed by atoms with Crippen molar-refractivity contribution in [1.29, 1.82) is 0 Å². The number of benzene rings is 2. The number of piperazine rings is 1. The summed E-state index contributed by atoms with van der Waals surface area (Å²) in [5, 5.41) is 13.9. The van der Waals surface area contributed by atoms with E-state index < -0.39 is 17.3 Å². The molecular weight excluding hydrogens is 459 g/mol. The smallest absolute Gasteiger partial charge is 0.267 e. The Kier molecular flexibility index (Phi) is 7.84. The van der Waals surface area contributed by atoms with Crippen LogP contribution in [-0.4, -0.2) is 53.7 Å². The summed E-state index contributed by atoms with van der Waals surface area (Å²) < 4.78 is 15.1. The van der Waals surface area contributed by atoms with Gasteiger partial charge in [-0.2, -0.15) is 0 Å². The van der Waals surface area contributed by atoms with Crippen LogP contribution in [0.25, 0.3) is 10.9 Å². The molecule has 1 fully saturated rings. The van der Waals surface area contributed by atoms with Gasteiger partial charge in [0.2, 0.25) is 0 Å². The number of likely N-dealkylation sites (N-methyl/N-ethyl adjacent to an activating group) is 1. The number of carbonyl (C=O) groups is 1. The van der Waals surface area contributed by atoms with Crippen molar-refractivity contribution in [2.75, 3.05) is 43.4 Å². The number of aromatic nitrogens is 1. The number of pyridine rings is 1. The second-order valence-electron chi connectivity index (χ2n) is 8.99. The van der Waals surface area contributed by atoms with E-state index in [-0.39, 0.29) is 35.3 Å². The van der Waals surface area contributed by atoms with Crippen LogP contribution < -0.4 is 15.8 Å². The van der Waals surface area contributed by atoms with E-state index in [0.29, 0.717) is 17.4 Å². The molecule has 1 saturated heterocycles. The minimum atomic E-state index is -0.773. The molecule has 3 aromatic rings. The van der Waals surface area contributed by atoms with E-state index in [1.165, 1.54) is 18.2 Å². The Hall–Kier alpha value is -3.10. The third-order valence-corrected chi connectivity index (χ3v) is 5.95. The fourth-order valence-corrected chi connectivity index (χ4v) is 4.20. The molecule has 0 saturated carbocycles. The largest absolute Gasteiger partial charge is 0.506 e. The van der Waals surface area contributed by atoms with Crippen LogP contribution in [0, 0.1) is 11.7 Å². The summed E-state index contributed by atoms with van der Waals surface area (Å²) in [6.07, 6.45) is 0. The van der Waals surface area contributed by atoms with E-state index in [1.54, 1.807) is 10.6 Å². The first-order valence-corrected chi connectivity index (χ1v) is 11.1. The number of halogens is 2. The Bertz CT molecular complexity index is 1250. The number of nitrogens with one attached hydrogen (secondary N) is 1. The molecule has 7 nitrogen and oxygen atoms in total. The fourth-order valence-electron chi connectivity index (χ4n) is 4.20. The summed E-state index contributed by atoms with van der Waals surface area (Å²) in [5.41, 5.74) is 0.853. The number of aromatic hydroxyl groups is 1. The van der Waals surface area contributed by atoms with Crippen LogP contribution >= 0.6 is 12.4 Å². The maximum atomic E-state index is 13.5. The Morgan fingerprint density at radius 3 is 2.47 bits per heavy atom. The van der Waals surface area contributed by atoms with Gasteiger partial charge >= 0.3 is 0 Å². The van der Waals surface area contributed by atoms with Gasteiger partial charge in [0.15, 0.2) is 0 Å². The van der Waals surface area contributed by atoms with Crippen molar-refractivity contribution in [3.05, 3.63) is 64.2 Å². The lowest BCUT2D eigenvalue weighted by Crippen LogP contribution is -2.44. The minimum Gasteiger partial charge on any atom is -0.506 e. The average molecular weight is 489 g/mol. The SMILES string of the molecule is CC(C)Cn1c(=O)c(C(=O)Nc2cccc(F)c2)c(O)c2ccc(N3CCN(C)CC3)cc21.Cl. The number of nitrogens with zero attached hydrogens (tertiary/aromatic N) is 3. The number of hydrogen-bond donors (Lipinski definition) is 2. The van der Waals surface area contributed by atoms with E-state index in [4.69, 9.17) is 0 Å². The monoisotopic (exact) mass is 488 g/mol. The molecular formula is C25H30ClFN4O3. The second kappa shape index (κ2) is 10.4. The maximum Gasteiger partial charge on any atom is 0.267 e. The average Bonchev–Trinajstić information content (AvgIpc) is 2.77. The molecule has 1 aliphatic rings. The predicted octanol–water partition coefficient (Wildman–Crippen LogP) is 3.93. The molecule has 1 aliphatic heterocycles. The standard InChI is InChI=1S/C25H29FN4O3.ClH/c1-16(2)15-30-21-14-19(29-11-9-28(3)10-12-29)7-8-20(21)23(31)22(25(30)33)24(32)27-18-6-4-5-17(26)13-18;/h4-8,13-14,16,31H,9-12,15H2,1-3H3,(H,27,32);1H. The molecule has 4 rings (SSSR count). The molecule has 0 spiro atoms. The van der Waals surface area contributed by atoms with E-state index in [9.17, 15) is 19.1 Å². The van der Waals surface area contributed by atoms with Crippen LogP contribution in [0.1, 0.15) is 24.2 Å². The van der Waals surface area contributed by atoms with E-state index >= 15 is 0 Å². The number of anilines is 2. The molecule has 0 unspecified atom stereocenters. The first kappa shape index (κ1) is 25.5. The van der Waals surface area contributed by atoms with Crippen molar-refractivity contribution in [2.45, 2.75) is 20.4 Å². The van der Waals surface area contributed by atoms with Gasteiger partial charge in [-0.25, -0.2) is 4.39 Å². The Balaban J connectivity index is 0.00000324.